The van der Waals surface area contributed by atoms with Crippen molar-refractivity contribution in [3.63, 3.8) is 0 Å². The molecule has 4 aromatic rings. The van der Waals surface area contributed by atoms with E-state index in [-0.39, 0.29) is 4.90 Å². The van der Waals surface area contributed by atoms with E-state index < -0.39 is 10.0 Å². The van der Waals surface area contributed by atoms with Crippen molar-refractivity contribution in [3.8, 4) is 0 Å². The van der Waals surface area contributed by atoms with E-state index >= 15 is 0 Å². The molecule has 7 heteroatoms. The van der Waals surface area contributed by atoms with Crippen molar-refractivity contribution in [3.05, 3.63) is 120 Å². The molecule has 0 aliphatic carbocycles. The summed E-state index contributed by atoms with van der Waals surface area (Å²) in [7, 11) is -3.69. The zero-order valence-corrected chi connectivity index (χ0v) is 18.3. The highest BCUT2D eigenvalue weighted by atomic mass is 32.2. The van der Waals surface area contributed by atoms with Crippen LogP contribution in [0.1, 0.15) is 16.7 Å². The van der Waals surface area contributed by atoms with E-state index in [1.54, 1.807) is 30.6 Å². The van der Waals surface area contributed by atoms with Crippen LogP contribution in [0.5, 0.6) is 0 Å². The van der Waals surface area contributed by atoms with Crippen molar-refractivity contribution in [1.29, 1.82) is 0 Å². The van der Waals surface area contributed by atoms with Crippen LogP contribution in [-0.2, 0) is 29.7 Å². The van der Waals surface area contributed by atoms with Crippen LogP contribution in [0.4, 0.5) is 5.95 Å². The van der Waals surface area contributed by atoms with E-state index in [1.807, 2.05) is 72.8 Å². The minimum absolute atomic E-state index is 0.268. The number of benzene rings is 3. The molecule has 1 aromatic heterocycles. The molecule has 1 N–H and O–H groups in total. The van der Waals surface area contributed by atoms with Gasteiger partial charge in [-0.2, -0.15) is 4.31 Å². The van der Waals surface area contributed by atoms with Gasteiger partial charge in [0.1, 0.15) is 0 Å². The number of anilines is 1. The van der Waals surface area contributed by atoms with E-state index in [1.165, 1.54) is 4.31 Å². The fourth-order valence-corrected chi connectivity index (χ4v) is 4.72. The van der Waals surface area contributed by atoms with Gasteiger partial charge in [-0.05, 0) is 34.9 Å². The Morgan fingerprint density at radius 2 is 1.19 bits per heavy atom. The number of sulfonamides is 1. The number of hydrogen-bond donors (Lipinski definition) is 1. The number of hydrogen-bond acceptors (Lipinski definition) is 5. The summed E-state index contributed by atoms with van der Waals surface area (Å²) in [6.45, 7) is 1.10. The van der Waals surface area contributed by atoms with Gasteiger partial charge < -0.3 is 5.32 Å². The fraction of sp³-hybridized carbons (Fsp3) is 0.120. The largest absolute Gasteiger partial charge is 0.350 e. The Morgan fingerprint density at radius 1 is 0.656 bits per heavy atom. The van der Waals surface area contributed by atoms with Gasteiger partial charge in [-0.3, -0.25) is 0 Å². The average Bonchev–Trinajstić information content (AvgIpc) is 2.84. The van der Waals surface area contributed by atoms with E-state index in [0.29, 0.717) is 25.6 Å². The van der Waals surface area contributed by atoms with Crippen molar-refractivity contribution < 1.29 is 8.42 Å². The van der Waals surface area contributed by atoms with Crippen molar-refractivity contribution in [2.45, 2.75) is 24.5 Å². The third kappa shape index (κ3) is 5.57. The number of nitrogens with zero attached hydrogens (tertiary/aromatic N) is 3. The van der Waals surface area contributed by atoms with Crippen LogP contribution in [0.2, 0.25) is 0 Å². The van der Waals surface area contributed by atoms with Crippen LogP contribution in [0.25, 0.3) is 0 Å². The predicted octanol–water partition coefficient (Wildman–Crippen LogP) is 4.48. The van der Waals surface area contributed by atoms with Crippen LogP contribution < -0.4 is 5.32 Å². The first-order chi connectivity index (χ1) is 15.6. The topological polar surface area (TPSA) is 75.2 Å². The van der Waals surface area contributed by atoms with Gasteiger partial charge in [0.05, 0.1) is 4.90 Å². The quantitative estimate of drug-likeness (QED) is 0.412. The lowest BCUT2D eigenvalue weighted by Gasteiger charge is -2.23. The Balaban J connectivity index is 1.54. The van der Waals surface area contributed by atoms with Crippen molar-refractivity contribution in [2.75, 3.05) is 5.32 Å². The van der Waals surface area contributed by atoms with Gasteiger partial charge in [0.2, 0.25) is 16.0 Å². The van der Waals surface area contributed by atoms with Crippen molar-refractivity contribution in [1.82, 2.24) is 14.3 Å². The monoisotopic (exact) mass is 444 g/mol. The lowest BCUT2D eigenvalue weighted by Crippen LogP contribution is -2.30. The maximum Gasteiger partial charge on any atom is 0.243 e. The van der Waals surface area contributed by atoms with Crippen LogP contribution in [-0.4, -0.2) is 22.7 Å². The normalized spacial score (nSPS) is 11.4. The zero-order chi connectivity index (χ0) is 22.2. The first kappa shape index (κ1) is 21.7. The van der Waals surface area contributed by atoms with Crippen LogP contribution in [0.15, 0.2) is 108 Å². The van der Waals surface area contributed by atoms with E-state index in [2.05, 4.69) is 15.3 Å². The third-order valence-corrected chi connectivity index (χ3v) is 6.79. The minimum atomic E-state index is -3.69. The number of rotatable bonds is 9. The second-order valence-electron chi connectivity index (χ2n) is 7.31. The summed E-state index contributed by atoms with van der Waals surface area (Å²) in [6.07, 6.45) is 3.33. The Labute approximate surface area is 188 Å². The van der Waals surface area contributed by atoms with Crippen molar-refractivity contribution >= 4 is 16.0 Å². The Morgan fingerprint density at radius 3 is 1.72 bits per heavy atom. The highest BCUT2D eigenvalue weighted by Crippen LogP contribution is 2.22. The highest BCUT2D eigenvalue weighted by Gasteiger charge is 2.25. The van der Waals surface area contributed by atoms with Gasteiger partial charge in [-0.15, -0.1) is 0 Å². The molecule has 0 spiro atoms. The van der Waals surface area contributed by atoms with Crippen LogP contribution in [0.3, 0.4) is 0 Å². The highest BCUT2D eigenvalue weighted by molar-refractivity contribution is 7.89. The molecule has 6 nitrogen and oxygen atoms in total. The van der Waals surface area contributed by atoms with Crippen LogP contribution in [0, 0.1) is 0 Å². The molecule has 0 bridgehead atoms. The van der Waals surface area contributed by atoms with Gasteiger partial charge in [0, 0.05) is 32.0 Å². The molecule has 0 aliphatic heterocycles. The standard InChI is InChI=1S/C25H24N4O2S/c30-32(31,24-14-12-21(13-15-24)18-28-25-26-16-7-17-27-25)29(19-22-8-3-1-4-9-22)20-23-10-5-2-6-11-23/h1-17H,18-20H2,(H,26,27,28). The van der Waals surface area contributed by atoms with Gasteiger partial charge in [0.15, 0.2) is 0 Å². The molecule has 0 aliphatic rings. The van der Waals surface area contributed by atoms with E-state index in [4.69, 9.17) is 0 Å². The molecule has 0 atom stereocenters. The molecule has 3 aromatic carbocycles. The maximum atomic E-state index is 13.5. The van der Waals surface area contributed by atoms with Gasteiger partial charge in [0.25, 0.3) is 0 Å². The van der Waals surface area contributed by atoms with Gasteiger partial charge in [-0.1, -0.05) is 72.8 Å². The summed E-state index contributed by atoms with van der Waals surface area (Å²) in [4.78, 5) is 8.53. The number of nitrogens with one attached hydrogen (secondary N) is 1. The molecule has 4 rings (SSSR count). The molecule has 162 valence electrons. The molecule has 0 amide bonds. The summed E-state index contributed by atoms with van der Waals surface area (Å²) < 4.78 is 28.6. The molecule has 0 saturated heterocycles. The molecule has 0 saturated carbocycles. The molecule has 32 heavy (non-hydrogen) atoms. The fourth-order valence-electron chi connectivity index (χ4n) is 3.30. The Hall–Kier alpha value is -3.55. The Bertz CT molecular complexity index is 1180. The lowest BCUT2D eigenvalue weighted by atomic mass is 10.2. The zero-order valence-electron chi connectivity index (χ0n) is 17.5. The van der Waals surface area contributed by atoms with E-state index in [0.717, 1.165) is 16.7 Å². The molecule has 0 radical (unpaired) electrons. The summed E-state index contributed by atoms with van der Waals surface area (Å²) >= 11 is 0. The second-order valence-corrected chi connectivity index (χ2v) is 9.25. The van der Waals surface area contributed by atoms with E-state index in [9.17, 15) is 8.42 Å². The van der Waals surface area contributed by atoms with Gasteiger partial charge >= 0.3 is 0 Å². The average molecular weight is 445 g/mol. The molecular weight excluding hydrogens is 420 g/mol. The molecular formula is C25H24N4O2S. The lowest BCUT2D eigenvalue weighted by molar-refractivity contribution is 0.401. The second kappa shape index (κ2) is 10.2. The predicted molar refractivity (Wildman–Crippen MR) is 125 cm³/mol. The van der Waals surface area contributed by atoms with Crippen molar-refractivity contribution in [2.24, 2.45) is 0 Å². The summed E-state index contributed by atoms with van der Waals surface area (Å²) in [6, 6.07) is 28.0. The minimum Gasteiger partial charge on any atom is -0.350 e. The Kier molecular flexibility index (Phi) is 6.89. The van der Waals surface area contributed by atoms with Gasteiger partial charge in [-0.25, -0.2) is 18.4 Å². The first-order valence-electron chi connectivity index (χ1n) is 10.3. The molecule has 0 unspecified atom stereocenters. The first-order valence-corrected chi connectivity index (χ1v) is 11.7. The maximum absolute atomic E-state index is 13.5. The SMILES string of the molecule is O=S(=O)(c1ccc(CNc2ncccn2)cc1)N(Cc1ccccc1)Cc1ccccc1. The number of aromatic nitrogens is 2. The summed E-state index contributed by atoms with van der Waals surface area (Å²) in [5.74, 6) is 0.529. The summed E-state index contributed by atoms with van der Waals surface area (Å²) in [5.41, 5.74) is 2.82. The van der Waals surface area contributed by atoms with Crippen LogP contribution >= 0.6 is 0 Å². The summed E-state index contributed by atoms with van der Waals surface area (Å²) in [5, 5.41) is 3.13. The third-order valence-electron chi connectivity index (χ3n) is 4.98. The molecule has 0 fully saturated rings. The molecule has 1 heterocycles. The smallest absolute Gasteiger partial charge is 0.243 e.